The van der Waals surface area contributed by atoms with E-state index in [2.05, 4.69) is 21.2 Å². The van der Waals surface area contributed by atoms with Crippen LogP contribution in [0.2, 0.25) is 0 Å². The molecule has 2 atom stereocenters. The van der Waals surface area contributed by atoms with E-state index in [-0.39, 0.29) is 5.56 Å². The molecule has 0 aliphatic carbocycles. The van der Waals surface area contributed by atoms with Crippen LogP contribution in [0.4, 0.5) is 5.69 Å². The predicted octanol–water partition coefficient (Wildman–Crippen LogP) is 1.31. The minimum atomic E-state index is -1.19. The number of rotatable bonds is 4. The van der Waals surface area contributed by atoms with E-state index in [1.165, 1.54) is 0 Å². The number of aliphatic hydroxyl groups excluding tert-OH is 2. The van der Waals surface area contributed by atoms with Crippen LogP contribution >= 0.6 is 15.9 Å². The molecule has 1 aliphatic rings. The maximum Gasteiger partial charge on any atom is 0.296 e. The van der Waals surface area contributed by atoms with Gasteiger partial charge < -0.3 is 15.5 Å². The van der Waals surface area contributed by atoms with Gasteiger partial charge in [-0.05, 0) is 30.5 Å². The van der Waals surface area contributed by atoms with Gasteiger partial charge in [0.05, 0.1) is 17.4 Å². The van der Waals surface area contributed by atoms with Crippen LogP contribution in [0, 0.1) is 6.92 Å². The summed E-state index contributed by atoms with van der Waals surface area (Å²) in [4.78, 5) is 23.2. The number of Topliss-reactive ketones (excluding diaryl/α,β-unsaturated/α-hetero) is 1. The van der Waals surface area contributed by atoms with Crippen LogP contribution in [0.5, 0.6) is 0 Å². The molecular formula is C13H14BrNO4. The lowest BCUT2D eigenvalue weighted by Gasteiger charge is -2.21. The quantitative estimate of drug-likeness (QED) is 0.575. The van der Waals surface area contributed by atoms with Crippen molar-refractivity contribution in [2.45, 2.75) is 25.6 Å². The van der Waals surface area contributed by atoms with Crippen LogP contribution in [-0.2, 0) is 4.79 Å². The van der Waals surface area contributed by atoms with E-state index >= 15 is 0 Å². The Morgan fingerprint density at radius 2 is 2.00 bits per heavy atom. The van der Waals surface area contributed by atoms with E-state index in [1.54, 1.807) is 19.1 Å². The Morgan fingerprint density at radius 1 is 1.32 bits per heavy atom. The molecule has 1 aromatic carbocycles. The minimum Gasteiger partial charge on any atom is -0.390 e. The van der Waals surface area contributed by atoms with Crippen LogP contribution in [0.3, 0.4) is 0 Å². The van der Waals surface area contributed by atoms with Crippen molar-refractivity contribution in [2.24, 2.45) is 0 Å². The lowest BCUT2D eigenvalue weighted by Crippen LogP contribution is -2.22. The highest BCUT2D eigenvalue weighted by molar-refractivity contribution is 9.09. The van der Waals surface area contributed by atoms with Crippen molar-refractivity contribution in [3.63, 3.8) is 0 Å². The summed E-state index contributed by atoms with van der Waals surface area (Å²) in [7, 11) is 0. The zero-order valence-electron chi connectivity index (χ0n) is 10.3. The number of amides is 1. The van der Waals surface area contributed by atoms with Gasteiger partial charge in [0.1, 0.15) is 6.10 Å². The molecule has 0 radical (unpaired) electrons. The summed E-state index contributed by atoms with van der Waals surface area (Å²) in [5.41, 5.74) is 1.56. The number of hydrogen-bond donors (Lipinski definition) is 3. The Bertz CT molecular complexity index is 544. The first-order chi connectivity index (χ1) is 8.97. The molecule has 0 fully saturated rings. The van der Waals surface area contributed by atoms with Crippen LogP contribution in [-0.4, -0.2) is 33.3 Å². The molecular weight excluding hydrogens is 314 g/mol. The highest BCUT2D eigenvalue weighted by atomic mass is 79.9. The average molecular weight is 328 g/mol. The van der Waals surface area contributed by atoms with Crippen molar-refractivity contribution < 1.29 is 19.8 Å². The number of carbonyl (C=O) groups is 2. The topological polar surface area (TPSA) is 86.6 Å². The average Bonchev–Trinajstić information content (AvgIpc) is 2.65. The fourth-order valence-corrected chi connectivity index (χ4v) is 2.68. The summed E-state index contributed by atoms with van der Waals surface area (Å²) < 4.78 is 0. The molecule has 102 valence electrons. The largest absolute Gasteiger partial charge is 0.390 e. The zero-order chi connectivity index (χ0) is 14.2. The fraction of sp³-hybridized carbons (Fsp3) is 0.385. The van der Waals surface area contributed by atoms with Gasteiger partial charge in [-0.2, -0.15) is 0 Å². The number of fused-ring (bicyclic) bond motifs is 1. The van der Waals surface area contributed by atoms with E-state index in [1.807, 2.05) is 0 Å². The molecule has 1 heterocycles. The Morgan fingerprint density at radius 3 is 2.63 bits per heavy atom. The third-order valence-corrected chi connectivity index (χ3v) is 3.67. The molecule has 3 N–H and O–H groups in total. The van der Waals surface area contributed by atoms with E-state index < -0.39 is 23.9 Å². The zero-order valence-corrected chi connectivity index (χ0v) is 11.9. The maximum absolute atomic E-state index is 11.8. The summed E-state index contributed by atoms with van der Waals surface area (Å²) in [5, 5.41) is 23.1. The summed E-state index contributed by atoms with van der Waals surface area (Å²) in [5.74, 6) is -1.37. The Labute approximate surface area is 118 Å². The van der Waals surface area contributed by atoms with Gasteiger partial charge in [-0.15, -0.1) is 0 Å². The number of alkyl halides is 1. The van der Waals surface area contributed by atoms with Crippen LogP contribution in [0.15, 0.2) is 12.1 Å². The first-order valence-corrected chi connectivity index (χ1v) is 7.00. The third-order valence-electron chi connectivity index (χ3n) is 3.21. The lowest BCUT2D eigenvalue weighted by molar-refractivity contribution is -0.112. The van der Waals surface area contributed by atoms with Crippen LogP contribution in [0.25, 0.3) is 0 Å². The molecule has 2 unspecified atom stereocenters. The van der Waals surface area contributed by atoms with Gasteiger partial charge in [-0.3, -0.25) is 9.59 Å². The molecule has 1 aliphatic heterocycles. The van der Waals surface area contributed by atoms with Gasteiger partial charge in [-0.25, -0.2) is 0 Å². The summed E-state index contributed by atoms with van der Waals surface area (Å²) in [6.45, 7) is 1.73. The minimum absolute atomic E-state index is 0.172. The standard InChI is InChI=1S/C13H14BrNO4/c1-6-2-3-7-10(12(18)13(19)15-7)9(6)11(17)8(16)4-5-14/h2-3,8,11,16-17H,4-5H2,1H3,(H,15,18,19). The van der Waals surface area contributed by atoms with Gasteiger partial charge in [0.25, 0.3) is 11.7 Å². The van der Waals surface area contributed by atoms with E-state index in [0.29, 0.717) is 28.6 Å². The van der Waals surface area contributed by atoms with Crippen LogP contribution < -0.4 is 5.32 Å². The van der Waals surface area contributed by atoms with Gasteiger partial charge in [-0.1, -0.05) is 22.0 Å². The molecule has 19 heavy (non-hydrogen) atoms. The third kappa shape index (κ3) is 2.43. The van der Waals surface area contributed by atoms with Gasteiger partial charge in [0.15, 0.2) is 0 Å². The molecule has 0 saturated heterocycles. The summed E-state index contributed by atoms with van der Waals surface area (Å²) in [6, 6.07) is 3.33. The molecule has 5 nitrogen and oxygen atoms in total. The normalized spacial score (nSPS) is 17.1. The van der Waals surface area contributed by atoms with Crippen molar-refractivity contribution in [2.75, 3.05) is 10.6 Å². The molecule has 0 saturated carbocycles. The number of benzene rings is 1. The van der Waals surface area contributed by atoms with E-state index in [9.17, 15) is 19.8 Å². The van der Waals surface area contributed by atoms with E-state index in [0.717, 1.165) is 0 Å². The molecule has 1 aromatic rings. The Kier molecular flexibility index (Phi) is 4.03. The van der Waals surface area contributed by atoms with Crippen LogP contribution in [0.1, 0.15) is 34.0 Å². The summed E-state index contributed by atoms with van der Waals surface area (Å²) in [6.07, 6.45) is -1.84. The lowest BCUT2D eigenvalue weighted by atomic mass is 9.91. The number of ketones is 1. The van der Waals surface area contributed by atoms with Crippen molar-refractivity contribution >= 4 is 33.3 Å². The number of carbonyl (C=O) groups excluding carboxylic acids is 2. The predicted molar refractivity (Wildman–Crippen MR) is 73.5 cm³/mol. The van der Waals surface area contributed by atoms with Crippen molar-refractivity contribution in [1.29, 1.82) is 0 Å². The second-order valence-corrected chi connectivity index (χ2v) is 5.28. The number of aryl methyl sites for hydroxylation is 1. The first kappa shape index (κ1) is 14.2. The molecule has 1 amide bonds. The van der Waals surface area contributed by atoms with Crippen molar-refractivity contribution in [3.8, 4) is 0 Å². The second-order valence-electron chi connectivity index (χ2n) is 4.49. The molecule has 2 rings (SSSR count). The fourth-order valence-electron chi connectivity index (χ4n) is 2.21. The van der Waals surface area contributed by atoms with Gasteiger partial charge in [0, 0.05) is 5.33 Å². The number of nitrogens with one attached hydrogen (secondary N) is 1. The molecule has 6 heteroatoms. The second kappa shape index (κ2) is 5.40. The molecule has 0 aromatic heterocycles. The number of aliphatic hydroxyl groups is 2. The Balaban J connectivity index is 2.49. The molecule has 0 bridgehead atoms. The number of halogens is 1. The van der Waals surface area contributed by atoms with Gasteiger partial charge >= 0.3 is 0 Å². The monoisotopic (exact) mass is 327 g/mol. The smallest absolute Gasteiger partial charge is 0.296 e. The number of anilines is 1. The SMILES string of the molecule is Cc1ccc2c(c1C(O)C(O)CCBr)C(=O)C(=O)N2. The molecule has 0 spiro atoms. The van der Waals surface area contributed by atoms with Gasteiger partial charge in [0.2, 0.25) is 0 Å². The highest BCUT2D eigenvalue weighted by Crippen LogP contribution is 2.34. The van der Waals surface area contributed by atoms with Crippen molar-refractivity contribution in [1.82, 2.24) is 0 Å². The first-order valence-electron chi connectivity index (χ1n) is 5.88. The summed E-state index contributed by atoms with van der Waals surface area (Å²) >= 11 is 3.19. The number of hydrogen-bond acceptors (Lipinski definition) is 4. The van der Waals surface area contributed by atoms with E-state index in [4.69, 9.17) is 0 Å². The van der Waals surface area contributed by atoms with Crippen molar-refractivity contribution in [3.05, 3.63) is 28.8 Å². The Hall–Kier alpha value is -1.24. The highest BCUT2D eigenvalue weighted by Gasteiger charge is 2.35. The maximum atomic E-state index is 11.8.